The Balaban J connectivity index is 2.56. The van der Waals surface area contributed by atoms with Crippen LogP contribution in [0.5, 0.6) is 0 Å². The molecule has 1 amide bonds. The molecule has 1 saturated heterocycles. The number of likely N-dealkylation sites (tertiary alicyclic amines) is 1. The highest BCUT2D eigenvalue weighted by Gasteiger charge is 2.24. The molecule has 1 rings (SSSR count). The maximum Gasteiger partial charge on any atom is 0.220 e. The third kappa shape index (κ3) is 6.22. The second-order valence-corrected chi connectivity index (χ2v) is 6.44. The van der Waals surface area contributed by atoms with Crippen molar-refractivity contribution in [3.8, 4) is 0 Å². The van der Waals surface area contributed by atoms with E-state index >= 15 is 0 Å². The predicted octanol–water partition coefficient (Wildman–Crippen LogP) is 1.23. The maximum absolute atomic E-state index is 11.5. The van der Waals surface area contributed by atoms with Gasteiger partial charge >= 0.3 is 0 Å². The number of carbonyl (C=O) groups is 1. The minimum Gasteiger partial charge on any atom is -0.377 e. The molecule has 0 atom stereocenters. The summed E-state index contributed by atoms with van der Waals surface area (Å²) in [6.45, 7) is 9.52. The standard InChI is InChI=1S/C16H32N4O2/c1-6-18-15(19-12-16(2,3)22-5)20-9-7-13(8-10-20)11-14(21)17-4/h13H,6-12H2,1-5H3,(H,17,21)(H,18,19). The Kier molecular flexibility index (Phi) is 7.65. The van der Waals surface area contributed by atoms with Gasteiger partial charge in [0.1, 0.15) is 0 Å². The molecule has 0 aliphatic carbocycles. The van der Waals surface area contributed by atoms with Gasteiger partial charge in [-0.1, -0.05) is 0 Å². The van der Waals surface area contributed by atoms with E-state index in [4.69, 9.17) is 9.73 Å². The first kappa shape index (κ1) is 18.7. The lowest BCUT2D eigenvalue weighted by Crippen LogP contribution is -2.46. The smallest absolute Gasteiger partial charge is 0.220 e. The first-order valence-electron chi connectivity index (χ1n) is 8.20. The molecule has 0 spiro atoms. The summed E-state index contributed by atoms with van der Waals surface area (Å²) in [5.74, 6) is 1.57. The average Bonchev–Trinajstić information content (AvgIpc) is 2.52. The van der Waals surface area contributed by atoms with E-state index in [0.29, 0.717) is 18.9 Å². The molecule has 1 fully saturated rings. The Morgan fingerprint density at radius 1 is 1.36 bits per heavy atom. The number of aliphatic imine (C=N–C) groups is 1. The van der Waals surface area contributed by atoms with E-state index in [0.717, 1.165) is 38.4 Å². The van der Waals surface area contributed by atoms with E-state index in [-0.39, 0.29) is 11.5 Å². The average molecular weight is 312 g/mol. The minimum atomic E-state index is -0.252. The predicted molar refractivity (Wildman–Crippen MR) is 90.0 cm³/mol. The molecule has 22 heavy (non-hydrogen) atoms. The summed E-state index contributed by atoms with van der Waals surface area (Å²) in [6, 6.07) is 0. The number of ether oxygens (including phenoxy) is 1. The van der Waals surface area contributed by atoms with Crippen molar-refractivity contribution < 1.29 is 9.53 Å². The van der Waals surface area contributed by atoms with Gasteiger partial charge in [0.05, 0.1) is 12.1 Å². The van der Waals surface area contributed by atoms with Gasteiger partial charge in [0.15, 0.2) is 5.96 Å². The lowest BCUT2D eigenvalue weighted by atomic mass is 9.93. The van der Waals surface area contributed by atoms with Crippen LogP contribution in [0.15, 0.2) is 4.99 Å². The summed E-state index contributed by atoms with van der Waals surface area (Å²) < 4.78 is 5.43. The number of guanidine groups is 1. The zero-order valence-corrected chi connectivity index (χ0v) is 14.7. The Morgan fingerprint density at radius 2 is 2.00 bits per heavy atom. The Hall–Kier alpha value is -1.30. The summed E-state index contributed by atoms with van der Waals surface area (Å²) in [4.78, 5) is 18.5. The molecule has 6 heteroatoms. The van der Waals surface area contributed by atoms with Gasteiger partial charge in [0, 0.05) is 40.2 Å². The largest absolute Gasteiger partial charge is 0.377 e. The molecule has 0 bridgehead atoms. The van der Waals surface area contributed by atoms with Crippen molar-refractivity contribution in [3.05, 3.63) is 0 Å². The Bertz CT molecular complexity index is 374. The fourth-order valence-electron chi connectivity index (χ4n) is 2.47. The quantitative estimate of drug-likeness (QED) is 0.572. The second kappa shape index (κ2) is 8.98. The number of rotatable bonds is 6. The molecule has 0 aromatic heterocycles. The van der Waals surface area contributed by atoms with Gasteiger partial charge in [-0.2, -0.15) is 0 Å². The third-order valence-electron chi connectivity index (χ3n) is 4.16. The third-order valence-corrected chi connectivity index (χ3v) is 4.16. The molecule has 128 valence electrons. The number of methoxy groups -OCH3 is 1. The Morgan fingerprint density at radius 3 is 2.50 bits per heavy atom. The molecule has 0 radical (unpaired) electrons. The SMILES string of the molecule is CCNC(=NCC(C)(C)OC)N1CCC(CC(=O)NC)CC1. The zero-order valence-electron chi connectivity index (χ0n) is 14.7. The van der Waals surface area contributed by atoms with Crippen LogP contribution in [-0.4, -0.2) is 62.7 Å². The minimum absolute atomic E-state index is 0.140. The van der Waals surface area contributed by atoms with Crippen LogP contribution in [0.4, 0.5) is 0 Å². The van der Waals surface area contributed by atoms with Gasteiger partial charge in [-0.3, -0.25) is 9.79 Å². The summed E-state index contributed by atoms with van der Waals surface area (Å²) in [6.07, 6.45) is 2.70. The van der Waals surface area contributed by atoms with Crippen molar-refractivity contribution in [3.63, 3.8) is 0 Å². The molecular formula is C16H32N4O2. The summed E-state index contributed by atoms with van der Waals surface area (Å²) in [7, 11) is 3.41. The maximum atomic E-state index is 11.5. The van der Waals surface area contributed by atoms with Crippen molar-refractivity contribution in [2.75, 3.05) is 40.3 Å². The summed E-state index contributed by atoms with van der Waals surface area (Å²) in [5.41, 5.74) is -0.252. The van der Waals surface area contributed by atoms with Crippen LogP contribution in [0.1, 0.15) is 40.0 Å². The molecule has 0 unspecified atom stereocenters. The molecule has 6 nitrogen and oxygen atoms in total. The first-order chi connectivity index (χ1) is 10.4. The van der Waals surface area contributed by atoms with E-state index in [9.17, 15) is 4.79 Å². The van der Waals surface area contributed by atoms with Gasteiger partial charge in [-0.05, 0) is 39.5 Å². The topological polar surface area (TPSA) is 66.0 Å². The molecule has 1 aliphatic rings. The number of hydrogen-bond donors (Lipinski definition) is 2. The van der Waals surface area contributed by atoms with Gasteiger partial charge in [0.2, 0.25) is 5.91 Å². The molecule has 0 aromatic rings. The highest BCUT2D eigenvalue weighted by Crippen LogP contribution is 2.20. The van der Waals surface area contributed by atoms with Gasteiger partial charge < -0.3 is 20.3 Å². The van der Waals surface area contributed by atoms with E-state index in [1.807, 2.05) is 13.8 Å². The van der Waals surface area contributed by atoms with Crippen LogP contribution in [0.3, 0.4) is 0 Å². The number of carbonyl (C=O) groups excluding carboxylic acids is 1. The molecule has 0 aromatic carbocycles. The number of nitrogens with one attached hydrogen (secondary N) is 2. The second-order valence-electron chi connectivity index (χ2n) is 6.44. The summed E-state index contributed by atoms with van der Waals surface area (Å²) >= 11 is 0. The van der Waals surface area contributed by atoms with Crippen molar-refractivity contribution in [1.29, 1.82) is 0 Å². The van der Waals surface area contributed by atoms with E-state index < -0.39 is 0 Å². The fraction of sp³-hybridized carbons (Fsp3) is 0.875. The van der Waals surface area contributed by atoms with Crippen molar-refractivity contribution in [2.45, 2.75) is 45.6 Å². The molecule has 2 N–H and O–H groups in total. The highest BCUT2D eigenvalue weighted by molar-refractivity contribution is 5.80. The van der Waals surface area contributed by atoms with E-state index in [2.05, 4.69) is 22.5 Å². The normalized spacial score (nSPS) is 17.5. The van der Waals surface area contributed by atoms with E-state index in [1.165, 1.54) is 0 Å². The lowest BCUT2D eigenvalue weighted by Gasteiger charge is -2.34. The van der Waals surface area contributed by atoms with Gasteiger partial charge in [-0.25, -0.2) is 0 Å². The lowest BCUT2D eigenvalue weighted by molar-refractivity contribution is -0.121. The van der Waals surface area contributed by atoms with Gasteiger partial charge in [0.25, 0.3) is 0 Å². The summed E-state index contributed by atoms with van der Waals surface area (Å²) in [5, 5.41) is 6.06. The van der Waals surface area contributed by atoms with Crippen molar-refractivity contribution >= 4 is 11.9 Å². The van der Waals surface area contributed by atoms with E-state index in [1.54, 1.807) is 14.2 Å². The molecule has 1 heterocycles. The molecule has 1 aliphatic heterocycles. The highest BCUT2D eigenvalue weighted by atomic mass is 16.5. The van der Waals surface area contributed by atoms with Crippen LogP contribution in [0.25, 0.3) is 0 Å². The van der Waals surface area contributed by atoms with Crippen LogP contribution < -0.4 is 10.6 Å². The van der Waals surface area contributed by atoms with Crippen LogP contribution in [0.2, 0.25) is 0 Å². The number of hydrogen-bond acceptors (Lipinski definition) is 3. The Labute approximate surface area is 134 Å². The van der Waals surface area contributed by atoms with Crippen molar-refractivity contribution in [2.24, 2.45) is 10.9 Å². The first-order valence-corrected chi connectivity index (χ1v) is 8.20. The van der Waals surface area contributed by atoms with Crippen LogP contribution in [0, 0.1) is 5.92 Å². The van der Waals surface area contributed by atoms with Crippen LogP contribution in [-0.2, 0) is 9.53 Å². The molecular weight excluding hydrogens is 280 g/mol. The zero-order chi connectivity index (χ0) is 16.6. The number of amides is 1. The molecule has 0 saturated carbocycles. The number of nitrogens with zero attached hydrogens (tertiary/aromatic N) is 2. The van der Waals surface area contributed by atoms with Crippen molar-refractivity contribution in [1.82, 2.24) is 15.5 Å². The number of piperidine rings is 1. The fourth-order valence-corrected chi connectivity index (χ4v) is 2.47. The van der Waals surface area contributed by atoms with Gasteiger partial charge in [-0.15, -0.1) is 0 Å². The monoisotopic (exact) mass is 312 g/mol. The van der Waals surface area contributed by atoms with Crippen LogP contribution >= 0.6 is 0 Å².